The smallest absolute Gasteiger partial charge is 0.247 e. The van der Waals surface area contributed by atoms with Crippen LogP contribution in [0.3, 0.4) is 0 Å². The first kappa shape index (κ1) is 12.8. The van der Waals surface area contributed by atoms with Gasteiger partial charge in [-0.1, -0.05) is 0 Å². The fraction of sp³-hybridized carbons (Fsp3) is 0.308. The maximum absolute atomic E-state index is 12.0. The number of morpholine rings is 1. The summed E-state index contributed by atoms with van der Waals surface area (Å²) in [5, 5.41) is 13.4. The first-order chi connectivity index (χ1) is 9.83. The van der Waals surface area contributed by atoms with Crippen molar-refractivity contribution in [2.24, 2.45) is 0 Å². The van der Waals surface area contributed by atoms with Crippen LogP contribution in [-0.4, -0.2) is 41.9 Å². The molecule has 1 atom stereocenters. The van der Waals surface area contributed by atoms with E-state index in [-0.39, 0.29) is 11.9 Å². The standard InChI is InChI=1S/C13H14N4O3/c18-12(11-7-19-6-5-14-11)16-10-3-1-9(2-4-10)13-17-15-8-20-13/h1-4,8,11,14H,5-7H2,(H,16,18). The summed E-state index contributed by atoms with van der Waals surface area (Å²) in [6.45, 7) is 1.72. The summed E-state index contributed by atoms with van der Waals surface area (Å²) in [6.07, 6.45) is 1.28. The van der Waals surface area contributed by atoms with Crippen LogP contribution in [0.4, 0.5) is 5.69 Å². The van der Waals surface area contributed by atoms with Gasteiger partial charge >= 0.3 is 0 Å². The van der Waals surface area contributed by atoms with Crippen LogP contribution in [0.25, 0.3) is 11.5 Å². The van der Waals surface area contributed by atoms with Gasteiger partial charge in [0.25, 0.3) is 0 Å². The molecule has 1 aromatic heterocycles. The number of amides is 1. The van der Waals surface area contributed by atoms with Crippen molar-refractivity contribution in [2.75, 3.05) is 25.1 Å². The molecule has 7 nitrogen and oxygen atoms in total. The summed E-state index contributed by atoms with van der Waals surface area (Å²) in [7, 11) is 0. The zero-order chi connectivity index (χ0) is 13.8. The number of nitrogens with one attached hydrogen (secondary N) is 2. The summed E-state index contributed by atoms with van der Waals surface area (Å²) in [4.78, 5) is 12.0. The van der Waals surface area contributed by atoms with Gasteiger partial charge < -0.3 is 19.8 Å². The molecule has 1 fully saturated rings. The second-order valence-electron chi connectivity index (χ2n) is 4.39. The SMILES string of the molecule is O=C(Nc1ccc(-c2nnco2)cc1)C1COCCN1. The van der Waals surface area contributed by atoms with Crippen LogP contribution < -0.4 is 10.6 Å². The van der Waals surface area contributed by atoms with Crippen LogP contribution in [0.15, 0.2) is 35.1 Å². The zero-order valence-corrected chi connectivity index (χ0v) is 10.7. The Balaban J connectivity index is 1.64. The van der Waals surface area contributed by atoms with E-state index in [1.54, 1.807) is 12.1 Å². The van der Waals surface area contributed by atoms with E-state index in [2.05, 4.69) is 20.8 Å². The molecule has 1 aliphatic rings. The predicted molar refractivity (Wildman–Crippen MR) is 71.0 cm³/mol. The van der Waals surface area contributed by atoms with E-state index in [1.165, 1.54) is 6.39 Å². The highest BCUT2D eigenvalue weighted by Crippen LogP contribution is 2.18. The van der Waals surface area contributed by atoms with Crippen LogP contribution in [0.5, 0.6) is 0 Å². The molecule has 2 N–H and O–H groups in total. The average Bonchev–Trinajstić information content (AvgIpc) is 3.03. The Labute approximate surface area is 115 Å². The minimum Gasteiger partial charge on any atom is -0.423 e. The Kier molecular flexibility index (Phi) is 3.71. The Morgan fingerprint density at radius 1 is 1.35 bits per heavy atom. The third-order valence-corrected chi connectivity index (χ3v) is 3.00. The number of anilines is 1. The maximum atomic E-state index is 12.0. The molecular weight excluding hydrogens is 260 g/mol. The minimum absolute atomic E-state index is 0.102. The van der Waals surface area contributed by atoms with Crippen LogP contribution in [-0.2, 0) is 9.53 Å². The number of carbonyl (C=O) groups excluding carboxylic acids is 1. The van der Waals surface area contributed by atoms with Crippen LogP contribution >= 0.6 is 0 Å². The Bertz CT molecular complexity index is 562. The predicted octanol–water partition coefficient (Wildman–Crippen LogP) is 0.663. The van der Waals surface area contributed by atoms with Gasteiger partial charge in [-0.05, 0) is 24.3 Å². The number of benzene rings is 1. The number of aromatic nitrogens is 2. The van der Waals surface area contributed by atoms with E-state index in [1.807, 2.05) is 12.1 Å². The number of hydrogen-bond acceptors (Lipinski definition) is 6. The molecule has 7 heteroatoms. The summed E-state index contributed by atoms with van der Waals surface area (Å²) in [5.41, 5.74) is 1.52. The number of nitrogens with zero attached hydrogens (tertiary/aromatic N) is 2. The molecule has 2 heterocycles. The summed E-state index contributed by atoms with van der Waals surface area (Å²) < 4.78 is 10.4. The zero-order valence-electron chi connectivity index (χ0n) is 10.7. The number of carbonyl (C=O) groups is 1. The molecule has 20 heavy (non-hydrogen) atoms. The Morgan fingerprint density at radius 2 is 2.20 bits per heavy atom. The number of hydrogen-bond donors (Lipinski definition) is 2. The van der Waals surface area contributed by atoms with Crippen molar-refractivity contribution in [1.29, 1.82) is 0 Å². The molecule has 104 valence electrons. The lowest BCUT2D eigenvalue weighted by atomic mass is 10.2. The molecule has 1 saturated heterocycles. The molecule has 1 aromatic carbocycles. The van der Waals surface area contributed by atoms with Gasteiger partial charge in [-0.25, -0.2) is 0 Å². The van der Waals surface area contributed by atoms with Gasteiger partial charge in [-0.3, -0.25) is 4.79 Å². The fourth-order valence-corrected chi connectivity index (χ4v) is 1.96. The summed E-state index contributed by atoms with van der Waals surface area (Å²) in [6, 6.07) is 6.91. The average molecular weight is 274 g/mol. The lowest BCUT2D eigenvalue weighted by Gasteiger charge is -2.22. The van der Waals surface area contributed by atoms with E-state index in [0.717, 1.165) is 5.56 Å². The maximum Gasteiger partial charge on any atom is 0.247 e. The van der Waals surface area contributed by atoms with Gasteiger partial charge in [0.05, 0.1) is 13.2 Å². The molecule has 3 rings (SSSR count). The van der Waals surface area contributed by atoms with Crippen molar-refractivity contribution >= 4 is 11.6 Å². The quantitative estimate of drug-likeness (QED) is 0.854. The highest BCUT2D eigenvalue weighted by molar-refractivity contribution is 5.95. The van der Waals surface area contributed by atoms with E-state index < -0.39 is 0 Å². The first-order valence-corrected chi connectivity index (χ1v) is 6.31. The van der Waals surface area contributed by atoms with Gasteiger partial charge in [0.1, 0.15) is 6.04 Å². The van der Waals surface area contributed by atoms with Gasteiger partial charge in [0, 0.05) is 17.8 Å². The number of rotatable bonds is 3. The van der Waals surface area contributed by atoms with Crippen molar-refractivity contribution in [2.45, 2.75) is 6.04 Å². The van der Waals surface area contributed by atoms with Crippen molar-refractivity contribution in [3.63, 3.8) is 0 Å². The highest BCUT2D eigenvalue weighted by Gasteiger charge is 2.21. The topological polar surface area (TPSA) is 89.3 Å². The van der Waals surface area contributed by atoms with Crippen molar-refractivity contribution in [1.82, 2.24) is 15.5 Å². The Morgan fingerprint density at radius 3 is 2.85 bits per heavy atom. The lowest BCUT2D eigenvalue weighted by Crippen LogP contribution is -2.48. The number of ether oxygens (including phenoxy) is 1. The molecular formula is C13H14N4O3. The van der Waals surface area contributed by atoms with Crippen LogP contribution in [0.2, 0.25) is 0 Å². The molecule has 0 spiro atoms. The molecule has 0 aliphatic carbocycles. The summed E-state index contributed by atoms with van der Waals surface area (Å²) in [5.74, 6) is 0.348. The monoisotopic (exact) mass is 274 g/mol. The third kappa shape index (κ3) is 2.84. The lowest BCUT2D eigenvalue weighted by molar-refractivity contribution is -0.120. The van der Waals surface area contributed by atoms with Gasteiger partial charge in [0.15, 0.2) is 0 Å². The van der Waals surface area contributed by atoms with Crippen LogP contribution in [0.1, 0.15) is 0 Å². The first-order valence-electron chi connectivity index (χ1n) is 6.31. The third-order valence-electron chi connectivity index (χ3n) is 3.00. The molecule has 1 unspecified atom stereocenters. The second kappa shape index (κ2) is 5.81. The van der Waals surface area contributed by atoms with Gasteiger partial charge in [-0.15, -0.1) is 10.2 Å². The molecule has 1 amide bonds. The van der Waals surface area contributed by atoms with E-state index in [0.29, 0.717) is 31.3 Å². The normalized spacial score (nSPS) is 18.7. The second-order valence-corrected chi connectivity index (χ2v) is 4.39. The molecule has 0 bridgehead atoms. The van der Waals surface area contributed by atoms with E-state index >= 15 is 0 Å². The largest absolute Gasteiger partial charge is 0.423 e. The molecule has 0 radical (unpaired) electrons. The van der Waals surface area contributed by atoms with Crippen molar-refractivity contribution in [3.05, 3.63) is 30.7 Å². The van der Waals surface area contributed by atoms with Crippen LogP contribution in [0, 0.1) is 0 Å². The molecule has 0 saturated carbocycles. The van der Waals surface area contributed by atoms with Crippen molar-refractivity contribution in [3.8, 4) is 11.5 Å². The highest BCUT2D eigenvalue weighted by atomic mass is 16.5. The van der Waals surface area contributed by atoms with Crippen molar-refractivity contribution < 1.29 is 13.9 Å². The fourth-order valence-electron chi connectivity index (χ4n) is 1.96. The van der Waals surface area contributed by atoms with Gasteiger partial charge in [0.2, 0.25) is 18.2 Å². The molecule has 1 aliphatic heterocycles. The summed E-state index contributed by atoms with van der Waals surface area (Å²) >= 11 is 0. The molecule has 2 aromatic rings. The van der Waals surface area contributed by atoms with Gasteiger partial charge in [-0.2, -0.15) is 0 Å². The van der Waals surface area contributed by atoms with E-state index in [9.17, 15) is 4.79 Å². The van der Waals surface area contributed by atoms with E-state index in [4.69, 9.17) is 9.15 Å². The minimum atomic E-state index is -0.306. The Hall–Kier alpha value is -2.25.